The molecule has 0 aromatic carbocycles. The lowest BCUT2D eigenvalue weighted by atomic mass is 10.0. The minimum absolute atomic E-state index is 0.0582. The number of carboxylic acids is 1. The molecule has 1 rings (SSSR count). The van der Waals surface area contributed by atoms with E-state index >= 15 is 0 Å². The third kappa shape index (κ3) is 4.76. The van der Waals surface area contributed by atoms with Crippen molar-refractivity contribution in [3.8, 4) is 12.3 Å². The number of hydrogen-bond donors (Lipinski definition) is 1. The summed E-state index contributed by atoms with van der Waals surface area (Å²) in [4.78, 5) is 15.1. The maximum Gasteiger partial charge on any atom is 0.317 e. The Hall–Kier alpha value is -1.05. The molecule has 17 heavy (non-hydrogen) atoms. The fourth-order valence-electron chi connectivity index (χ4n) is 2.43. The molecular formula is C13H22N2O2. The van der Waals surface area contributed by atoms with Gasteiger partial charge in [-0.25, -0.2) is 0 Å². The first-order valence-electron chi connectivity index (χ1n) is 6.29. The summed E-state index contributed by atoms with van der Waals surface area (Å²) >= 11 is 0. The van der Waals surface area contributed by atoms with Gasteiger partial charge in [0.15, 0.2) is 0 Å². The van der Waals surface area contributed by atoms with Crippen LogP contribution in [-0.2, 0) is 4.79 Å². The zero-order chi connectivity index (χ0) is 12.7. The van der Waals surface area contributed by atoms with Crippen LogP contribution in [0.15, 0.2) is 0 Å². The molecule has 0 aromatic heterocycles. The van der Waals surface area contributed by atoms with Crippen LogP contribution < -0.4 is 0 Å². The summed E-state index contributed by atoms with van der Waals surface area (Å²) in [6, 6.07) is 0.329. The maximum atomic E-state index is 10.8. The molecule has 0 radical (unpaired) electrons. The average Bonchev–Trinajstić information content (AvgIpc) is 2.29. The van der Waals surface area contributed by atoms with Gasteiger partial charge in [-0.1, -0.05) is 12.8 Å². The van der Waals surface area contributed by atoms with Crippen molar-refractivity contribution in [2.24, 2.45) is 0 Å². The van der Waals surface area contributed by atoms with Crippen LogP contribution >= 0.6 is 0 Å². The molecule has 1 N–H and O–H groups in total. The van der Waals surface area contributed by atoms with Gasteiger partial charge in [-0.15, -0.1) is 6.42 Å². The molecule has 4 nitrogen and oxygen atoms in total. The lowest BCUT2D eigenvalue weighted by Gasteiger charge is -2.37. The topological polar surface area (TPSA) is 43.8 Å². The van der Waals surface area contributed by atoms with Crippen LogP contribution in [0.4, 0.5) is 0 Å². The molecule has 0 aliphatic carbocycles. The number of terminal acetylenes is 1. The van der Waals surface area contributed by atoms with E-state index in [-0.39, 0.29) is 6.54 Å². The van der Waals surface area contributed by atoms with E-state index in [9.17, 15) is 4.79 Å². The van der Waals surface area contributed by atoms with Crippen molar-refractivity contribution in [1.29, 1.82) is 0 Å². The first-order chi connectivity index (χ1) is 8.17. The second-order valence-corrected chi connectivity index (χ2v) is 4.58. The third-order valence-corrected chi connectivity index (χ3v) is 3.25. The van der Waals surface area contributed by atoms with Crippen molar-refractivity contribution >= 4 is 5.97 Å². The van der Waals surface area contributed by atoms with Gasteiger partial charge in [0.25, 0.3) is 0 Å². The predicted molar refractivity (Wildman–Crippen MR) is 67.8 cm³/mol. The Labute approximate surface area is 104 Å². The van der Waals surface area contributed by atoms with E-state index < -0.39 is 5.97 Å². The number of nitrogens with zero attached hydrogens (tertiary/aromatic N) is 2. The summed E-state index contributed by atoms with van der Waals surface area (Å²) in [6.45, 7) is 5.92. The van der Waals surface area contributed by atoms with Crippen molar-refractivity contribution in [2.75, 3.05) is 32.7 Å². The lowest BCUT2D eigenvalue weighted by molar-refractivity contribution is -0.139. The first-order valence-corrected chi connectivity index (χ1v) is 6.29. The smallest absolute Gasteiger partial charge is 0.317 e. The summed E-state index contributed by atoms with van der Waals surface area (Å²) < 4.78 is 0. The van der Waals surface area contributed by atoms with Gasteiger partial charge in [-0.3, -0.25) is 9.69 Å². The fourth-order valence-corrected chi connectivity index (χ4v) is 2.43. The van der Waals surface area contributed by atoms with Gasteiger partial charge < -0.3 is 10.0 Å². The summed E-state index contributed by atoms with van der Waals surface area (Å²) in [5, 5.41) is 8.86. The minimum Gasteiger partial charge on any atom is -0.480 e. The molecule has 0 atom stereocenters. The summed E-state index contributed by atoms with van der Waals surface area (Å²) in [5.41, 5.74) is 0. The van der Waals surface area contributed by atoms with Crippen LogP contribution in [-0.4, -0.2) is 59.6 Å². The molecule has 0 amide bonds. The summed E-state index contributed by atoms with van der Waals surface area (Å²) in [5.74, 6) is 1.76. The Kier molecular flexibility index (Phi) is 6.03. The van der Waals surface area contributed by atoms with Crippen molar-refractivity contribution in [3.63, 3.8) is 0 Å². The first kappa shape index (κ1) is 14.0. The maximum absolute atomic E-state index is 10.8. The van der Waals surface area contributed by atoms with Gasteiger partial charge in [0.1, 0.15) is 0 Å². The monoisotopic (exact) mass is 238 g/mol. The molecule has 1 aliphatic heterocycles. The molecule has 0 aromatic rings. The van der Waals surface area contributed by atoms with Crippen LogP contribution in [0.5, 0.6) is 0 Å². The zero-order valence-corrected chi connectivity index (χ0v) is 10.6. The van der Waals surface area contributed by atoms with Gasteiger partial charge >= 0.3 is 5.97 Å². The van der Waals surface area contributed by atoms with Gasteiger partial charge in [-0.05, 0) is 38.9 Å². The number of carbonyl (C=O) groups is 1. The predicted octanol–water partition coefficient (Wildman–Crippen LogP) is 0.881. The van der Waals surface area contributed by atoms with E-state index in [0.717, 1.165) is 32.5 Å². The number of hydrogen-bond acceptors (Lipinski definition) is 3. The second-order valence-electron chi connectivity index (χ2n) is 4.58. The Morgan fingerprint density at radius 1 is 1.53 bits per heavy atom. The Bertz CT molecular complexity index is 278. The molecule has 0 saturated carbocycles. The SMILES string of the molecule is C#CCN(CC(=O)O)C1CCN(CCC)CC1. The van der Waals surface area contributed by atoms with Crippen LogP contribution in [0.2, 0.25) is 0 Å². The molecule has 1 saturated heterocycles. The Morgan fingerprint density at radius 2 is 2.18 bits per heavy atom. The molecule has 1 aliphatic rings. The molecule has 1 fully saturated rings. The van der Waals surface area contributed by atoms with E-state index in [2.05, 4.69) is 17.7 Å². The van der Waals surface area contributed by atoms with E-state index in [1.165, 1.54) is 6.42 Å². The number of aliphatic carboxylic acids is 1. The van der Waals surface area contributed by atoms with E-state index in [0.29, 0.717) is 12.6 Å². The summed E-state index contributed by atoms with van der Waals surface area (Å²) in [6.07, 6.45) is 8.51. The van der Waals surface area contributed by atoms with E-state index in [4.69, 9.17) is 11.5 Å². The second kappa shape index (κ2) is 7.31. The zero-order valence-electron chi connectivity index (χ0n) is 10.6. The van der Waals surface area contributed by atoms with E-state index in [1.807, 2.05) is 4.90 Å². The van der Waals surface area contributed by atoms with Crippen molar-refractivity contribution < 1.29 is 9.90 Å². The number of carboxylic acid groups (broad SMARTS) is 1. The summed E-state index contributed by atoms with van der Waals surface area (Å²) in [7, 11) is 0. The Morgan fingerprint density at radius 3 is 2.65 bits per heavy atom. The van der Waals surface area contributed by atoms with Gasteiger partial charge in [0.2, 0.25) is 0 Å². The quantitative estimate of drug-likeness (QED) is 0.698. The molecule has 4 heteroatoms. The van der Waals surface area contributed by atoms with E-state index in [1.54, 1.807) is 0 Å². The fraction of sp³-hybridized carbons (Fsp3) is 0.769. The van der Waals surface area contributed by atoms with Crippen molar-refractivity contribution in [3.05, 3.63) is 0 Å². The average molecular weight is 238 g/mol. The van der Waals surface area contributed by atoms with Crippen molar-refractivity contribution in [1.82, 2.24) is 9.80 Å². The molecule has 0 spiro atoms. The highest BCUT2D eigenvalue weighted by molar-refractivity contribution is 5.69. The third-order valence-electron chi connectivity index (χ3n) is 3.25. The number of rotatable bonds is 6. The normalized spacial score (nSPS) is 18.2. The largest absolute Gasteiger partial charge is 0.480 e. The Balaban J connectivity index is 2.43. The molecule has 96 valence electrons. The van der Waals surface area contributed by atoms with Gasteiger partial charge in [-0.2, -0.15) is 0 Å². The molecule has 0 unspecified atom stereocenters. The number of piperidine rings is 1. The molecule has 0 bridgehead atoms. The molecule has 1 heterocycles. The van der Waals surface area contributed by atoms with Crippen LogP contribution in [0.3, 0.4) is 0 Å². The highest BCUT2D eigenvalue weighted by Crippen LogP contribution is 2.16. The van der Waals surface area contributed by atoms with Crippen LogP contribution in [0, 0.1) is 12.3 Å². The standard InChI is InChI=1S/C13H22N2O2/c1-3-7-14-9-5-12(6-10-14)15(8-4-2)11-13(16)17/h2,12H,3,5-11H2,1H3,(H,16,17). The van der Waals surface area contributed by atoms with Crippen LogP contribution in [0.25, 0.3) is 0 Å². The number of likely N-dealkylation sites (tertiary alicyclic amines) is 1. The highest BCUT2D eigenvalue weighted by atomic mass is 16.4. The van der Waals surface area contributed by atoms with Gasteiger partial charge in [0.05, 0.1) is 13.1 Å². The minimum atomic E-state index is -0.795. The molecular weight excluding hydrogens is 216 g/mol. The highest BCUT2D eigenvalue weighted by Gasteiger charge is 2.24. The lowest BCUT2D eigenvalue weighted by Crippen LogP contribution is -2.46. The van der Waals surface area contributed by atoms with Crippen LogP contribution in [0.1, 0.15) is 26.2 Å². The van der Waals surface area contributed by atoms with Crippen molar-refractivity contribution in [2.45, 2.75) is 32.2 Å². The van der Waals surface area contributed by atoms with Gasteiger partial charge in [0, 0.05) is 6.04 Å².